The Morgan fingerprint density at radius 3 is 2.50 bits per heavy atom. The van der Waals surface area contributed by atoms with Gasteiger partial charge in [-0.3, -0.25) is 9.36 Å². The second-order valence-corrected chi connectivity index (χ2v) is 7.84. The molecule has 134 valence electrons. The molecule has 7 heteroatoms. The zero-order valence-electron chi connectivity index (χ0n) is 14.8. The lowest BCUT2D eigenvalue weighted by Crippen LogP contribution is -2.14. The molecule has 0 spiro atoms. The lowest BCUT2D eigenvalue weighted by atomic mass is 10.1. The van der Waals surface area contributed by atoms with Crippen LogP contribution in [0.1, 0.15) is 17.0 Å². The van der Waals surface area contributed by atoms with E-state index < -0.39 is 0 Å². The van der Waals surface area contributed by atoms with Gasteiger partial charge in [0.15, 0.2) is 5.16 Å². The van der Waals surface area contributed by atoms with Crippen molar-refractivity contribution in [2.45, 2.75) is 25.9 Å². The fraction of sp³-hybridized carbons (Fsp3) is 0.211. The number of carbonyl (C=O) groups excluding carboxylic acids is 1. The highest BCUT2D eigenvalue weighted by molar-refractivity contribution is 9.10. The summed E-state index contributed by atoms with van der Waals surface area (Å²) in [5.74, 6) is 0.979. The fourth-order valence-electron chi connectivity index (χ4n) is 2.46. The lowest BCUT2D eigenvalue weighted by molar-refractivity contribution is -0.113. The van der Waals surface area contributed by atoms with Crippen LogP contribution in [-0.4, -0.2) is 26.4 Å². The summed E-state index contributed by atoms with van der Waals surface area (Å²) in [4.78, 5) is 12.2. The number of thioether (sulfide) groups is 1. The van der Waals surface area contributed by atoms with Gasteiger partial charge in [0.2, 0.25) is 5.91 Å². The van der Waals surface area contributed by atoms with Crippen molar-refractivity contribution in [2.24, 2.45) is 0 Å². The molecular formula is C19H19BrN4OS. The summed E-state index contributed by atoms with van der Waals surface area (Å²) in [5, 5.41) is 12.0. The van der Waals surface area contributed by atoms with Gasteiger partial charge in [0.05, 0.1) is 5.75 Å². The van der Waals surface area contributed by atoms with Crippen LogP contribution in [0.4, 0.5) is 5.69 Å². The molecule has 1 aromatic heterocycles. The van der Waals surface area contributed by atoms with Crippen LogP contribution >= 0.6 is 27.7 Å². The van der Waals surface area contributed by atoms with Crippen molar-refractivity contribution in [2.75, 3.05) is 11.1 Å². The number of hydrogen-bond donors (Lipinski definition) is 1. The first-order valence-corrected chi connectivity index (χ1v) is 9.90. The first kappa shape index (κ1) is 18.7. The Morgan fingerprint density at radius 2 is 1.81 bits per heavy atom. The van der Waals surface area contributed by atoms with Gasteiger partial charge in [-0.25, -0.2) is 0 Å². The van der Waals surface area contributed by atoms with Gasteiger partial charge in [-0.2, -0.15) is 0 Å². The van der Waals surface area contributed by atoms with Crippen LogP contribution in [0.15, 0.2) is 52.1 Å². The summed E-state index contributed by atoms with van der Waals surface area (Å²) < 4.78 is 2.95. The maximum atomic E-state index is 12.2. The van der Waals surface area contributed by atoms with E-state index in [-0.39, 0.29) is 11.7 Å². The molecule has 0 aliphatic carbocycles. The highest BCUT2D eigenvalue weighted by Crippen LogP contribution is 2.23. The number of benzene rings is 2. The van der Waals surface area contributed by atoms with Crippen LogP contribution < -0.4 is 5.32 Å². The van der Waals surface area contributed by atoms with Crippen LogP contribution in [0.5, 0.6) is 0 Å². The molecular weight excluding hydrogens is 412 g/mol. The van der Waals surface area contributed by atoms with E-state index in [1.807, 2.05) is 41.8 Å². The first-order valence-electron chi connectivity index (χ1n) is 8.12. The maximum absolute atomic E-state index is 12.2. The molecule has 1 heterocycles. The van der Waals surface area contributed by atoms with E-state index in [1.165, 1.54) is 22.9 Å². The number of nitrogens with one attached hydrogen (secondary N) is 1. The molecule has 2 aromatic carbocycles. The van der Waals surface area contributed by atoms with Gasteiger partial charge in [0, 0.05) is 15.8 Å². The third-order valence-electron chi connectivity index (χ3n) is 4.00. The molecule has 26 heavy (non-hydrogen) atoms. The molecule has 1 amide bonds. The SMILES string of the molecule is Cc1ccc(-n2c(C)nnc2SCC(=O)Nc2ccc(Br)cc2)cc1C. The predicted octanol–water partition coefficient (Wildman–Crippen LogP) is 4.69. The third kappa shape index (κ3) is 4.34. The van der Waals surface area contributed by atoms with E-state index in [4.69, 9.17) is 0 Å². The van der Waals surface area contributed by atoms with Gasteiger partial charge in [-0.05, 0) is 68.3 Å². The number of aromatic nitrogens is 3. The molecule has 1 N–H and O–H groups in total. The number of anilines is 1. The third-order valence-corrected chi connectivity index (χ3v) is 5.46. The van der Waals surface area contributed by atoms with E-state index in [1.54, 1.807) is 0 Å². The molecule has 0 fully saturated rings. The number of halogens is 1. The van der Waals surface area contributed by atoms with E-state index in [0.29, 0.717) is 5.16 Å². The van der Waals surface area contributed by atoms with Crippen molar-refractivity contribution >= 4 is 39.3 Å². The number of aryl methyl sites for hydroxylation is 3. The Bertz CT molecular complexity index is 937. The Hall–Kier alpha value is -2.12. The van der Waals surface area contributed by atoms with E-state index in [9.17, 15) is 4.79 Å². The summed E-state index contributed by atoms with van der Waals surface area (Å²) in [6.45, 7) is 6.07. The van der Waals surface area contributed by atoms with E-state index in [0.717, 1.165) is 21.7 Å². The molecule has 0 unspecified atom stereocenters. The average molecular weight is 431 g/mol. The zero-order chi connectivity index (χ0) is 18.7. The summed E-state index contributed by atoms with van der Waals surface area (Å²) in [5.41, 5.74) is 4.22. The average Bonchev–Trinajstić information content (AvgIpc) is 2.98. The van der Waals surface area contributed by atoms with Crippen LogP contribution in [0.2, 0.25) is 0 Å². The van der Waals surface area contributed by atoms with Gasteiger partial charge in [-0.1, -0.05) is 33.8 Å². The molecule has 0 aliphatic heterocycles. The van der Waals surface area contributed by atoms with Crippen LogP contribution in [0.25, 0.3) is 5.69 Å². The first-order chi connectivity index (χ1) is 12.4. The Kier molecular flexibility index (Phi) is 5.78. The van der Waals surface area contributed by atoms with Gasteiger partial charge < -0.3 is 5.32 Å². The molecule has 0 saturated heterocycles. The van der Waals surface area contributed by atoms with Gasteiger partial charge in [0.25, 0.3) is 0 Å². The second kappa shape index (κ2) is 8.05. The normalized spacial score (nSPS) is 10.8. The topological polar surface area (TPSA) is 59.8 Å². The molecule has 0 saturated carbocycles. The Balaban J connectivity index is 1.71. The minimum atomic E-state index is -0.0791. The van der Waals surface area contributed by atoms with Crippen molar-refractivity contribution in [3.8, 4) is 5.69 Å². The van der Waals surface area contributed by atoms with Crippen molar-refractivity contribution in [3.05, 3.63) is 63.9 Å². The minimum Gasteiger partial charge on any atom is -0.325 e. The number of carbonyl (C=O) groups is 1. The van der Waals surface area contributed by atoms with E-state index >= 15 is 0 Å². The molecule has 3 aromatic rings. The number of hydrogen-bond acceptors (Lipinski definition) is 4. The standard InChI is InChI=1S/C19H19BrN4OS/c1-12-4-9-17(10-13(12)2)24-14(3)22-23-19(24)26-11-18(25)21-16-7-5-15(20)6-8-16/h4-10H,11H2,1-3H3,(H,21,25). The highest BCUT2D eigenvalue weighted by atomic mass is 79.9. The number of rotatable bonds is 5. The quantitative estimate of drug-likeness (QED) is 0.596. The maximum Gasteiger partial charge on any atom is 0.234 e. The lowest BCUT2D eigenvalue weighted by Gasteiger charge is -2.10. The van der Waals surface area contributed by atoms with Crippen LogP contribution in [0, 0.1) is 20.8 Å². The summed E-state index contributed by atoms with van der Waals surface area (Å²) in [6, 6.07) is 13.7. The molecule has 5 nitrogen and oxygen atoms in total. The van der Waals surface area contributed by atoms with Crippen molar-refractivity contribution in [3.63, 3.8) is 0 Å². The predicted molar refractivity (Wildman–Crippen MR) is 109 cm³/mol. The number of amides is 1. The molecule has 0 radical (unpaired) electrons. The number of nitrogens with zero attached hydrogens (tertiary/aromatic N) is 3. The highest BCUT2D eigenvalue weighted by Gasteiger charge is 2.14. The molecule has 3 rings (SSSR count). The molecule has 0 aliphatic rings. The molecule has 0 atom stereocenters. The second-order valence-electron chi connectivity index (χ2n) is 5.98. The van der Waals surface area contributed by atoms with Crippen molar-refractivity contribution in [1.29, 1.82) is 0 Å². The summed E-state index contributed by atoms with van der Waals surface area (Å²) in [7, 11) is 0. The summed E-state index contributed by atoms with van der Waals surface area (Å²) >= 11 is 4.75. The monoisotopic (exact) mass is 430 g/mol. The Labute approximate surface area is 165 Å². The van der Waals surface area contributed by atoms with Gasteiger partial charge in [0.1, 0.15) is 5.82 Å². The van der Waals surface area contributed by atoms with Gasteiger partial charge in [-0.15, -0.1) is 10.2 Å². The Morgan fingerprint density at radius 1 is 1.08 bits per heavy atom. The zero-order valence-corrected chi connectivity index (χ0v) is 17.2. The van der Waals surface area contributed by atoms with Crippen molar-refractivity contribution in [1.82, 2.24) is 14.8 Å². The molecule has 0 bridgehead atoms. The van der Waals surface area contributed by atoms with Crippen LogP contribution in [-0.2, 0) is 4.79 Å². The fourth-order valence-corrected chi connectivity index (χ4v) is 3.52. The van der Waals surface area contributed by atoms with E-state index in [2.05, 4.69) is 57.4 Å². The summed E-state index contributed by atoms with van der Waals surface area (Å²) in [6.07, 6.45) is 0. The van der Waals surface area contributed by atoms with Crippen LogP contribution in [0.3, 0.4) is 0 Å². The largest absolute Gasteiger partial charge is 0.325 e. The van der Waals surface area contributed by atoms with Gasteiger partial charge >= 0.3 is 0 Å². The van der Waals surface area contributed by atoms with Crippen molar-refractivity contribution < 1.29 is 4.79 Å². The minimum absolute atomic E-state index is 0.0791. The smallest absolute Gasteiger partial charge is 0.234 e.